The monoisotopic (exact) mass is 419 g/mol. The van der Waals surface area contributed by atoms with E-state index in [0.29, 0.717) is 11.0 Å². The standard InChI is InChI=1S/C18H28BrF2NOSi/c1-18(2,3)24(4,5)23-14-6-8-22(9-7-14)12-15-16(20)10-13(19)11-17(15)21/h10-11,14H,6-9,12H2,1-5H3. The fourth-order valence-electron chi connectivity index (χ4n) is 2.73. The van der Waals surface area contributed by atoms with Crippen LogP contribution in [0.4, 0.5) is 8.78 Å². The fraction of sp³-hybridized carbons (Fsp3) is 0.667. The van der Waals surface area contributed by atoms with Crippen molar-refractivity contribution in [1.82, 2.24) is 4.90 Å². The second-order valence-electron chi connectivity index (χ2n) is 8.20. The van der Waals surface area contributed by atoms with Crippen LogP contribution in [0.15, 0.2) is 16.6 Å². The quantitative estimate of drug-likeness (QED) is 0.579. The second-order valence-corrected chi connectivity index (χ2v) is 13.9. The Morgan fingerprint density at radius 1 is 1.17 bits per heavy atom. The van der Waals surface area contributed by atoms with Gasteiger partial charge in [0, 0.05) is 35.8 Å². The van der Waals surface area contributed by atoms with E-state index in [0.717, 1.165) is 25.9 Å². The van der Waals surface area contributed by atoms with Crippen molar-refractivity contribution >= 4 is 24.2 Å². The summed E-state index contributed by atoms with van der Waals surface area (Å²) in [7, 11) is -1.76. The summed E-state index contributed by atoms with van der Waals surface area (Å²) in [5.41, 5.74) is 0.155. The summed E-state index contributed by atoms with van der Waals surface area (Å²) in [4.78, 5) is 2.11. The Kier molecular flexibility index (Phi) is 6.27. The lowest BCUT2D eigenvalue weighted by atomic mass is 10.1. The third kappa shape index (κ3) is 4.87. The van der Waals surface area contributed by atoms with Crippen LogP contribution < -0.4 is 0 Å². The summed E-state index contributed by atoms with van der Waals surface area (Å²) in [5.74, 6) is -0.969. The van der Waals surface area contributed by atoms with E-state index in [1.54, 1.807) is 0 Å². The Balaban J connectivity index is 1.92. The van der Waals surface area contributed by atoms with Gasteiger partial charge in [0.25, 0.3) is 0 Å². The van der Waals surface area contributed by atoms with Crippen molar-refractivity contribution < 1.29 is 13.2 Å². The van der Waals surface area contributed by atoms with Gasteiger partial charge in [-0.25, -0.2) is 8.78 Å². The highest BCUT2D eigenvalue weighted by molar-refractivity contribution is 9.10. The van der Waals surface area contributed by atoms with Crippen LogP contribution in [0.1, 0.15) is 39.2 Å². The number of nitrogens with zero attached hydrogens (tertiary/aromatic N) is 1. The van der Waals surface area contributed by atoms with Crippen LogP contribution in [-0.2, 0) is 11.0 Å². The maximum atomic E-state index is 14.0. The fourth-order valence-corrected chi connectivity index (χ4v) is 4.55. The van der Waals surface area contributed by atoms with Gasteiger partial charge < -0.3 is 4.43 Å². The number of halogens is 3. The van der Waals surface area contributed by atoms with E-state index in [9.17, 15) is 8.78 Å². The predicted octanol–water partition coefficient (Wildman–Crippen LogP) is 5.71. The molecule has 1 saturated heterocycles. The minimum Gasteiger partial charge on any atom is -0.414 e. The minimum absolute atomic E-state index is 0.155. The molecule has 1 aliphatic heterocycles. The summed E-state index contributed by atoms with van der Waals surface area (Å²) >= 11 is 3.12. The molecule has 24 heavy (non-hydrogen) atoms. The van der Waals surface area contributed by atoms with Crippen LogP contribution >= 0.6 is 15.9 Å². The predicted molar refractivity (Wildman–Crippen MR) is 101 cm³/mol. The van der Waals surface area contributed by atoms with Gasteiger partial charge in [-0.1, -0.05) is 36.7 Å². The molecule has 0 atom stereocenters. The SMILES string of the molecule is CC(C)(C)[Si](C)(C)OC1CCN(Cc2c(F)cc(Br)cc2F)CC1. The summed E-state index contributed by atoms with van der Waals surface area (Å²) in [6.07, 6.45) is 2.11. The number of likely N-dealkylation sites (tertiary alicyclic amines) is 1. The van der Waals surface area contributed by atoms with Crippen LogP contribution in [0.2, 0.25) is 18.1 Å². The molecular weight excluding hydrogens is 392 g/mol. The Morgan fingerprint density at radius 3 is 2.12 bits per heavy atom. The van der Waals surface area contributed by atoms with Crippen molar-refractivity contribution in [2.24, 2.45) is 0 Å². The van der Waals surface area contributed by atoms with Crippen LogP contribution in [0.5, 0.6) is 0 Å². The molecule has 0 aliphatic carbocycles. The van der Waals surface area contributed by atoms with Crippen molar-refractivity contribution in [3.05, 3.63) is 33.8 Å². The van der Waals surface area contributed by atoms with Crippen molar-refractivity contribution in [2.75, 3.05) is 13.1 Å². The van der Waals surface area contributed by atoms with E-state index in [2.05, 4.69) is 54.7 Å². The molecule has 0 amide bonds. The molecule has 0 bridgehead atoms. The van der Waals surface area contributed by atoms with Gasteiger partial charge in [0.1, 0.15) is 11.6 Å². The molecule has 0 N–H and O–H groups in total. The molecule has 1 heterocycles. The first kappa shape index (κ1) is 20.0. The number of hydrogen-bond donors (Lipinski definition) is 0. The average molecular weight is 420 g/mol. The lowest BCUT2D eigenvalue weighted by molar-refractivity contribution is 0.0852. The normalized spacial score (nSPS) is 18.2. The number of piperidine rings is 1. The molecule has 2 nitrogen and oxygen atoms in total. The largest absolute Gasteiger partial charge is 0.414 e. The molecular formula is C18H28BrF2NOSi. The summed E-state index contributed by atoms with van der Waals surface area (Å²) in [6, 6.07) is 2.65. The second kappa shape index (κ2) is 7.52. The molecule has 0 aromatic heterocycles. The molecule has 1 fully saturated rings. The molecule has 1 aliphatic rings. The molecule has 0 radical (unpaired) electrons. The van der Waals surface area contributed by atoms with Crippen LogP contribution in [0.3, 0.4) is 0 Å². The zero-order valence-electron chi connectivity index (χ0n) is 15.3. The van der Waals surface area contributed by atoms with E-state index in [4.69, 9.17) is 4.43 Å². The molecule has 1 aromatic carbocycles. The van der Waals surface area contributed by atoms with Crippen molar-refractivity contribution in [3.8, 4) is 0 Å². The van der Waals surface area contributed by atoms with Crippen LogP contribution in [0.25, 0.3) is 0 Å². The summed E-state index contributed by atoms with van der Waals surface area (Å²) in [5, 5.41) is 0.202. The van der Waals surface area contributed by atoms with Gasteiger partial charge in [0.2, 0.25) is 0 Å². The first-order valence-corrected chi connectivity index (χ1v) is 12.2. The highest BCUT2D eigenvalue weighted by Crippen LogP contribution is 2.38. The van der Waals surface area contributed by atoms with E-state index < -0.39 is 20.0 Å². The smallest absolute Gasteiger partial charge is 0.192 e. The molecule has 136 valence electrons. The average Bonchev–Trinajstić information content (AvgIpc) is 2.43. The summed E-state index contributed by atoms with van der Waals surface area (Å²) in [6.45, 7) is 13.2. The molecule has 1 aromatic rings. The zero-order chi connectivity index (χ0) is 18.1. The van der Waals surface area contributed by atoms with E-state index >= 15 is 0 Å². The molecule has 0 unspecified atom stereocenters. The number of hydrogen-bond acceptors (Lipinski definition) is 2. The Hall–Kier alpha value is -0.303. The highest BCUT2D eigenvalue weighted by atomic mass is 79.9. The van der Waals surface area contributed by atoms with E-state index in [-0.39, 0.29) is 16.7 Å². The lowest BCUT2D eigenvalue weighted by Gasteiger charge is -2.42. The van der Waals surface area contributed by atoms with Crippen LogP contribution in [-0.4, -0.2) is 32.4 Å². The highest BCUT2D eigenvalue weighted by Gasteiger charge is 2.39. The van der Waals surface area contributed by atoms with Gasteiger partial charge in [-0.2, -0.15) is 0 Å². The number of rotatable bonds is 4. The summed E-state index contributed by atoms with van der Waals surface area (Å²) < 4.78 is 34.9. The Morgan fingerprint density at radius 2 is 1.67 bits per heavy atom. The first-order valence-electron chi connectivity index (χ1n) is 8.53. The molecule has 2 rings (SSSR count). The third-order valence-corrected chi connectivity index (χ3v) is 10.3. The Bertz CT molecular complexity index is 558. The molecule has 6 heteroatoms. The van der Waals surface area contributed by atoms with Gasteiger partial charge >= 0.3 is 0 Å². The Labute approximate surface area is 153 Å². The molecule has 0 spiro atoms. The van der Waals surface area contributed by atoms with Crippen molar-refractivity contribution in [1.29, 1.82) is 0 Å². The first-order chi connectivity index (χ1) is 11.0. The van der Waals surface area contributed by atoms with Gasteiger partial charge in [-0.05, 0) is 43.1 Å². The maximum Gasteiger partial charge on any atom is 0.192 e. The number of benzene rings is 1. The van der Waals surface area contributed by atoms with Gasteiger partial charge in [-0.3, -0.25) is 4.90 Å². The minimum atomic E-state index is -1.76. The van der Waals surface area contributed by atoms with Gasteiger partial charge in [0.15, 0.2) is 8.32 Å². The van der Waals surface area contributed by atoms with E-state index in [1.165, 1.54) is 12.1 Å². The van der Waals surface area contributed by atoms with Crippen molar-refractivity contribution in [3.63, 3.8) is 0 Å². The van der Waals surface area contributed by atoms with Gasteiger partial charge in [-0.15, -0.1) is 0 Å². The lowest BCUT2D eigenvalue weighted by Crippen LogP contribution is -2.47. The zero-order valence-corrected chi connectivity index (χ0v) is 17.8. The van der Waals surface area contributed by atoms with Crippen LogP contribution in [0, 0.1) is 11.6 Å². The molecule has 0 saturated carbocycles. The third-order valence-electron chi connectivity index (χ3n) is 5.29. The van der Waals surface area contributed by atoms with E-state index in [1.807, 2.05) is 0 Å². The van der Waals surface area contributed by atoms with Gasteiger partial charge in [0.05, 0.1) is 0 Å². The maximum absolute atomic E-state index is 14.0. The van der Waals surface area contributed by atoms with Crippen molar-refractivity contribution in [2.45, 2.75) is 64.4 Å². The topological polar surface area (TPSA) is 12.5 Å².